The molecule has 4 heteroatoms. The van der Waals surface area contributed by atoms with Crippen molar-refractivity contribution in [3.05, 3.63) is 18.0 Å². The highest BCUT2D eigenvalue weighted by Gasteiger charge is 2.24. The summed E-state index contributed by atoms with van der Waals surface area (Å²) in [5.41, 5.74) is 0.804. The molecule has 1 aromatic rings. The molecule has 0 spiro atoms. The summed E-state index contributed by atoms with van der Waals surface area (Å²) in [6, 6.07) is 1.79. The van der Waals surface area contributed by atoms with E-state index in [-0.39, 0.29) is 0 Å². The summed E-state index contributed by atoms with van der Waals surface area (Å²) in [7, 11) is -0.796. The van der Waals surface area contributed by atoms with E-state index in [4.69, 9.17) is 4.52 Å². The molecule has 1 aromatic heterocycles. The van der Waals surface area contributed by atoms with Gasteiger partial charge in [-0.3, -0.25) is 4.21 Å². The third kappa shape index (κ3) is 4.23. The summed E-state index contributed by atoms with van der Waals surface area (Å²) < 4.78 is 16.7. The van der Waals surface area contributed by atoms with E-state index >= 15 is 0 Å². The van der Waals surface area contributed by atoms with Crippen LogP contribution in [0.2, 0.25) is 0 Å². The molecule has 0 aromatic carbocycles. The third-order valence-electron chi connectivity index (χ3n) is 3.83. The summed E-state index contributed by atoms with van der Waals surface area (Å²) in [6.45, 7) is 4.68. The van der Waals surface area contributed by atoms with Gasteiger partial charge in [0.15, 0.2) is 0 Å². The van der Waals surface area contributed by atoms with Crippen molar-refractivity contribution in [2.45, 2.75) is 45.3 Å². The summed E-state index contributed by atoms with van der Waals surface area (Å²) in [5.74, 6) is 3.78. The van der Waals surface area contributed by atoms with Crippen molar-refractivity contribution in [2.75, 3.05) is 5.75 Å². The first-order chi connectivity index (χ1) is 8.63. The molecule has 0 unspecified atom stereocenters. The fraction of sp³-hybridized carbons (Fsp3) is 0.786. The Bertz CT molecular complexity index is 367. The maximum absolute atomic E-state index is 11.9. The van der Waals surface area contributed by atoms with E-state index in [2.05, 4.69) is 19.0 Å². The van der Waals surface area contributed by atoms with Crippen molar-refractivity contribution in [3.63, 3.8) is 0 Å². The van der Waals surface area contributed by atoms with Crippen LogP contribution in [-0.2, 0) is 16.6 Å². The molecule has 18 heavy (non-hydrogen) atoms. The lowest BCUT2D eigenvalue weighted by atomic mass is 9.76. The monoisotopic (exact) mass is 269 g/mol. The van der Waals surface area contributed by atoms with Gasteiger partial charge in [0.25, 0.3) is 0 Å². The molecule has 1 heterocycles. The van der Waals surface area contributed by atoms with E-state index < -0.39 is 10.8 Å². The van der Waals surface area contributed by atoms with Gasteiger partial charge >= 0.3 is 0 Å². The quantitative estimate of drug-likeness (QED) is 0.823. The Hall–Kier alpha value is -0.640. The van der Waals surface area contributed by atoms with Crippen molar-refractivity contribution in [1.82, 2.24) is 5.16 Å². The fourth-order valence-corrected chi connectivity index (χ4v) is 4.42. The molecule has 2 rings (SSSR count). The van der Waals surface area contributed by atoms with Gasteiger partial charge in [-0.15, -0.1) is 0 Å². The maximum Gasteiger partial charge on any atom is 0.124 e. The van der Waals surface area contributed by atoms with E-state index in [1.807, 2.05) is 0 Å². The Labute approximate surface area is 112 Å². The average molecular weight is 269 g/mol. The zero-order valence-electron chi connectivity index (χ0n) is 11.3. The van der Waals surface area contributed by atoms with E-state index in [1.54, 1.807) is 6.07 Å². The first kappa shape index (κ1) is 13.8. The van der Waals surface area contributed by atoms with E-state index in [0.717, 1.165) is 35.6 Å². The summed E-state index contributed by atoms with van der Waals surface area (Å²) in [6.07, 6.45) is 6.62. The minimum absolute atomic E-state index is 0.536. The van der Waals surface area contributed by atoms with Gasteiger partial charge in [-0.1, -0.05) is 19.0 Å². The smallest absolute Gasteiger partial charge is 0.124 e. The van der Waals surface area contributed by atoms with Crippen LogP contribution in [0.1, 0.15) is 45.2 Å². The van der Waals surface area contributed by atoms with Crippen molar-refractivity contribution >= 4 is 10.8 Å². The summed E-state index contributed by atoms with van der Waals surface area (Å²) in [5, 5.41) is 3.81. The highest BCUT2D eigenvalue weighted by Crippen LogP contribution is 2.34. The van der Waals surface area contributed by atoms with Gasteiger partial charge in [0.05, 0.1) is 11.4 Å². The van der Waals surface area contributed by atoms with Crippen molar-refractivity contribution in [3.8, 4) is 0 Å². The molecule has 0 amide bonds. The number of nitrogens with zero attached hydrogens (tertiary/aromatic N) is 1. The largest absolute Gasteiger partial charge is 0.364 e. The molecule has 0 aliphatic heterocycles. The molecular formula is C14H23NO2S. The Morgan fingerprint density at radius 1 is 1.33 bits per heavy atom. The summed E-state index contributed by atoms with van der Waals surface area (Å²) in [4.78, 5) is 0. The minimum Gasteiger partial charge on any atom is -0.364 e. The second-order valence-electron chi connectivity index (χ2n) is 5.85. The Balaban J connectivity index is 1.72. The zero-order chi connectivity index (χ0) is 13.0. The third-order valence-corrected chi connectivity index (χ3v) is 5.14. The van der Waals surface area contributed by atoms with Crippen LogP contribution in [0, 0.1) is 17.8 Å². The lowest BCUT2D eigenvalue weighted by Gasteiger charge is -2.31. The Morgan fingerprint density at radius 3 is 2.67 bits per heavy atom. The van der Waals surface area contributed by atoms with Gasteiger partial charge in [-0.05, 0) is 43.4 Å². The molecule has 1 fully saturated rings. The zero-order valence-corrected chi connectivity index (χ0v) is 12.1. The molecule has 1 saturated carbocycles. The highest BCUT2D eigenvalue weighted by atomic mass is 32.2. The lowest BCUT2D eigenvalue weighted by Crippen LogP contribution is -2.21. The maximum atomic E-state index is 11.9. The molecular weight excluding hydrogens is 246 g/mol. The van der Waals surface area contributed by atoms with Gasteiger partial charge in [-0.2, -0.15) is 0 Å². The van der Waals surface area contributed by atoms with Gasteiger partial charge in [0, 0.05) is 22.6 Å². The standard InChI is InChI=1S/C14H23NO2S/c1-11-7-12(2)9-13(8-11)4-6-18(16)10-14-3-5-17-15-14/h3,5,11-13H,4,6-10H2,1-2H3/t11-,12-,18-/m1/s1. The summed E-state index contributed by atoms with van der Waals surface area (Å²) >= 11 is 0. The van der Waals surface area contributed by atoms with Crippen LogP contribution in [0.15, 0.2) is 16.9 Å². The second-order valence-corrected chi connectivity index (χ2v) is 7.43. The molecule has 102 valence electrons. The normalized spacial score (nSPS) is 30.2. The van der Waals surface area contributed by atoms with Crippen molar-refractivity contribution in [1.29, 1.82) is 0 Å². The molecule has 0 radical (unpaired) electrons. The van der Waals surface area contributed by atoms with Crippen LogP contribution in [0.25, 0.3) is 0 Å². The van der Waals surface area contributed by atoms with Crippen molar-refractivity contribution in [2.24, 2.45) is 17.8 Å². The van der Waals surface area contributed by atoms with Crippen molar-refractivity contribution < 1.29 is 8.73 Å². The number of rotatable bonds is 5. The number of aromatic nitrogens is 1. The first-order valence-corrected chi connectivity index (χ1v) is 8.36. The van der Waals surface area contributed by atoms with Gasteiger partial charge in [0.1, 0.15) is 6.26 Å². The van der Waals surface area contributed by atoms with Crippen LogP contribution in [-0.4, -0.2) is 15.1 Å². The minimum atomic E-state index is -0.796. The molecule has 0 bridgehead atoms. The molecule has 1 aliphatic rings. The lowest BCUT2D eigenvalue weighted by molar-refractivity contribution is 0.215. The van der Waals surface area contributed by atoms with E-state index in [0.29, 0.717) is 5.75 Å². The fourth-order valence-electron chi connectivity index (χ4n) is 3.20. The molecule has 3 nitrogen and oxygen atoms in total. The van der Waals surface area contributed by atoms with Gasteiger partial charge in [0.2, 0.25) is 0 Å². The average Bonchev–Trinajstić information content (AvgIpc) is 2.78. The molecule has 1 aliphatic carbocycles. The Kier molecular flexibility index (Phi) is 4.98. The number of hydrogen-bond donors (Lipinski definition) is 0. The van der Waals surface area contributed by atoms with E-state index in [9.17, 15) is 4.21 Å². The van der Waals surface area contributed by atoms with Crippen LogP contribution in [0.3, 0.4) is 0 Å². The first-order valence-electron chi connectivity index (χ1n) is 6.87. The highest BCUT2D eigenvalue weighted by molar-refractivity contribution is 7.84. The van der Waals surface area contributed by atoms with Crippen LogP contribution in [0.4, 0.5) is 0 Å². The number of hydrogen-bond acceptors (Lipinski definition) is 3. The Morgan fingerprint density at radius 2 is 2.06 bits per heavy atom. The molecule has 3 atom stereocenters. The van der Waals surface area contributed by atoms with E-state index in [1.165, 1.54) is 25.5 Å². The molecule has 0 N–H and O–H groups in total. The topological polar surface area (TPSA) is 43.1 Å². The predicted octanol–water partition coefficient (Wildman–Crippen LogP) is 3.39. The van der Waals surface area contributed by atoms with Crippen LogP contribution < -0.4 is 0 Å². The SMILES string of the molecule is C[C@H]1CC(CC[S@@](=O)Cc2ccon2)C[C@H](C)C1. The van der Waals surface area contributed by atoms with Gasteiger partial charge in [-0.25, -0.2) is 0 Å². The predicted molar refractivity (Wildman–Crippen MR) is 73.5 cm³/mol. The van der Waals surface area contributed by atoms with Gasteiger partial charge < -0.3 is 4.52 Å². The van der Waals surface area contributed by atoms with Crippen LogP contribution >= 0.6 is 0 Å². The van der Waals surface area contributed by atoms with Crippen LogP contribution in [0.5, 0.6) is 0 Å². The molecule has 0 saturated heterocycles. The second kappa shape index (κ2) is 6.50.